The molecule has 39 nitrogen and oxygen atoms in total. The zero-order valence-corrected chi connectivity index (χ0v) is 70.5. The number of ether oxygens (including phenoxy) is 2. The van der Waals surface area contributed by atoms with E-state index in [4.69, 9.17) is 29.8 Å². The molecule has 1 heterocycles. The van der Waals surface area contributed by atoms with Gasteiger partial charge in [-0.2, -0.15) is 4.31 Å². The minimum Gasteiger partial charge on any atom is -0.480 e. The highest BCUT2D eigenvalue weighted by Crippen LogP contribution is 2.60. The van der Waals surface area contributed by atoms with Gasteiger partial charge in [0.15, 0.2) is 6.10 Å². The molecule has 117 heavy (non-hydrogen) atoms. The molecular formula is C76H119N15O24P2. The Bertz CT molecular complexity index is 3870. The lowest BCUT2D eigenvalue weighted by Crippen LogP contribution is -2.57. The Balaban J connectivity index is 1.58. The summed E-state index contributed by atoms with van der Waals surface area (Å²) in [5.74, 6) is -8.12. The monoisotopic (exact) mass is 1690 g/mol. The molecule has 652 valence electrons. The van der Waals surface area contributed by atoms with Gasteiger partial charge in [-0.3, -0.25) is 52.2 Å². The molecule has 1 saturated heterocycles. The van der Waals surface area contributed by atoms with Gasteiger partial charge >= 0.3 is 45.8 Å². The van der Waals surface area contributed by atoms with Crippen LogP contribution in [0.4, 0.5) is 20.1 Å². The molecule has 2 aromatic rings. The van der Waals surface area contributed by atoms with Crippen LogP contribution in [0.2, 0.25) is 0 Å². The number of carbonyl (C=O) groups is 13. The number of esters is 1. The molecule has 12 atom stereocenters. The number of benzene rings is 2. The number of carboxylic acid groups (broad SMARTS) is 2. The number of alkyl carbamates (subject to hydrolysis) is 1. The minimum atomic E-state index is -5.31. The van der Waals surface area contributed by atoms with Crippen LogP contribution in [0.25, 0.3) is 10.4 Å². The number of likely N-dealkylation sites (N-methyl/N-ethyl adjacent to an activating group) is 2. The molecule has 13 N–H and O–H groups in total. The van der Waals surface area contributed by atoms with Crippen LogP contribution in [0.3, 0.4) is 0 Å². The number of primary amides is 1. The van der Waals surface area contributed by atoms with E-state index in [2.05, 4.69) is 51.6 Å². The lowest BCUT2D eigenvalue weighted by atomic mass is 9.96. The van der Waals surface area contributed by atoms with E-state index in [1.807, 2.05) is 26.8 Å². The van der Waals surface area contributed by atoms with Gasteiger partial charge in [0.05, 0.1) is 31.9 Å². The fraction of sp³-hybridized carbons (Fsp3) is 0.618. The topological polar surface area (TPSA) is 555 Å². The van der Waals surface area contributed by atoms with Crippen molar-refractivity contribution >= 4 is 98.7 Å². The summed E-state index contributed by atoms with van der Waals surface area (Å²) >= 11 is 0. The van der Waals surface area contributed by atoms with Crippen LogP contribution in [-0.4, -0.2) is 232 Å². The van der Waals surface area contributed by atoms with Gasteiger partial charge in [0.1, 0.15) is 42.9 Å². The zero-order valence-electron chi connectivity index (χ0n) is 68.7. The quantitative estimate of drug-likeness (QED) is 0.00446. The first kappa shape index (κ1) is 101. The fourth-order valence-electron chi connectivity index (χ4n) is 12.3. The number of unbranched alkanes of at least 4 members (excludes halogenated alkanes) is 4. The number of aliphatic carboxylic acids is 1. The van der Waals surface area contributed by atoms with Crippen LogP contribution in [0, 0.1) is 17.8 Å². The highest BCUT2D eigenvalue weighted by Gasteiger charge is 2.46. The number of amides is 12. The number of nitrogens with two attached hydrogens (primary N) is 1. The molecular weight excluding hydrogens is 1570 g/mol. The molecule has 0 radical (unpaired) electrons. The summed E-state index contributed by atoms with van der Waals surface area (Å²) in [6.07, 6.45) is 4.00. The number of anilines is 1. The maximum Gasteiger partial charge on any atom is 0.481 e. The third kappa shape index (κ3) is 37.9. The number of allylic oxidation sites excluding steroid dienone is 3. The molecule has 1 aliphatic rings. The number of hydrogen-bond donors (Lipinski definition) is 12. The first-order valence-corrected chi connectivity index (χ1v) is 41.9. The zero-order chi connectivity index (χ0) is 87.7. The molecule has 1 fully saturated rings. The number of nitrogens with one attached hydrogen (secondary N) is 7. The molecule has 2 aromatic carbocycles. The molecule has 3 rings (SSSR count). The highest BCUT2D eigenvalue weighted by molar-refractivity contribution is 7.61. The third-order valence-corrected chi connectivity index (χ3v) is 21.9. The summed E-state index contributed by atoms with van der Waals surface area (Å²) in [5.41, 5.74) is 16.1. The molecule has 0 aromatic heterocycles. The van der Waals surface area contributed by atoms with Gasteiger partial charge in [0.25, 0.3) is 5.91 Å². The Morgan fingerprint density at radius 2 is 1.39 bits per heavy atom. The number of urea groups is 1. The van der Waals surface area contributed by atoms with E-state index >= 15 is 0 Å². The van der Waals surface area contributed by atoms with Gasteiger partial charge in [-0.05, 0) is 145 Å². The maximum absolute atomic E-state index is 14.6. The molecule has 1 aliphatic heterocycles. The Kier molecular flexibility index (Phi) is 44.9. The third-order valence-electron chi connectivity index (χ3n) is 19.2. The normalized spacial score (nSPS) is 16.6. The summed E-state index contributed by atoms with van der Waals surface area (Å²) < 4.78 is 50.5. The number of phosphoric ester groups is 2. The van der Waals surface area contributed by atoms with Crippen LogP contribution in [0.1, 0.15) is 170 Å². The van der Waals surface area contributed by atoms with Crippen LogP contribution in [-0.2, 0) is 92.9 Å². The van der Waals surface area contributed by atoms with Crippen molar-refractivity contribution in [2.75, 3.05) is 71.9 Å². The smallest absolute Gasteiger partial charge is 0.480 e. The van der Waals surface area contributed by atoms with Crippen molar-refractivity contribution in [2.45, 2.75) is 221 Å². The van der Waals surface area contributed by atoms with Crippen molar-refractivity contribution in [1.82, 2.24) is 51.5 Å². The summed E-state index contributed by atoms with van der Waals surface area (Å²) in [7, 11) is -7.87. The number of azide groups is 1. The Morgan fingerprint density at radius 1 is 0.752 bits per heavy atom. The molecule has 0 saturated carbocycles. The van der Waals surface area contributed by atoms with Gasteiger partial charge < -0.3 is 92.0 Å². The van der Waals surface area contributed by atoms with E-state index in [0.717, 1.165) is 21.8 Å². The number of phosphoric acid groups is 2. The lowest BCUT2D eigenvalue weighted by Gasteiger charge is -2.36. The number of carboxylic acids is 1. The second-order valence-corrected chi connectivity index (χ2v) is 32.2. The summed E-state index contributed by atoms with van der Waals surface area (Å²) in [6.45, 7) is 14.4. The van der Waals surface area contributed by atoms with Crippen molar-refractivity contribution in [1.29, 1.82) is 0 Å². The predicted octanol–water partition coefficient (Wildman–Crippen LogP) is 7.47. The largest absolute Gasteiger partial charge is 0.481 e. The van der Waals surface area contributed by atoms with Crippen LogP contribution < -0.4 is 43.0 Å². The molecule has 0 bridgehead atoms. The first-order chi connectivity index (χ1) is 55.1. The lowest BCUT2D eigenvalue weighted by molar-refractivity contribution is -0.156. The van der Waals surface area contributed by atoms with E-state index in [-0.39, 0.29) is 100 Å². The Hall–Kier alpha value is -10.0. The number of likely N-dealkylation sites (tertiary alicyclic amines) is 1. The maximum atomic E-state index is 14.6. The summed E-state index contributed by atoms with van der Waals surface area (Å²) in [5, 5.41) is 41.0. The second kappa shape index (κ2) is 51.9. The number of rotatable bonds is 54. The fourth-order valence-corrected chi connectivity index (χ4v) is 14.4. The predicted molar refractivity (Wildman–Crippen MR) is 429 cm³/mol. The summed E-state index contributed by atoms with van der Waals surface area (Å²) in [6, 6.07) is 6.24. The van der Waals surface area contributed by atoms with Gasteiger partial charge in [0.2, 0.25) is 41.4 Å². The average Bonchev–Trinajstić information content (AvgIpc) is 1.65. The molecule has 12 amide bonds. The van der Waals surface area contributed by atoms with Crippen molar-refractivity contribution < 1.29 is 114 Å². The van der Waals surface area contributed by atoms with E-state index in [9.17, 15) is 91.5 Å². The van der Waals surface area contributed by atoms with Gasteiger partial charge in [0, 0.05) is 76.2 Å². The molecule has 41 heteroatoms. The Morgan fingerprint density at radius 3 is 2.01 bits per heavy atom. The average molecular weight is 1690 g/mol. The highest BCUT2D eigenvalue weighted by atomic mass is 31.3. The van der Waals surface area contributed by atoms with Crippen molar-refractivity contribution in [3.05, 3.63) is 99.5 Å². The molecule has 0 spiro atoms. The van der Waals surface area contributed by atoms with Crippen LogP contribution >= 0.6 is 15.6 Å². The van der Waals surface area contributed by atoms with Crippen LogP contribution in [0.5, 0.6) is 0 Å². The SMILES string of the molecule is C/C=C(\C)C[C@@H](C)CC/C=C(\CN(CCCCCOP(=O)(O)OP(=O)(O)OCCNC(=O)OCc1ccc(NC(=O)[C@@H](CCCNC(N)=O)NC(=O)[C@H](NC(=O)CCCCCN=[N+]=[N-])C(C)C)cc1)C(=O)O)C(=O)O[C@@H]1CC(C)N([C@@H](C)C(=O)N(C)C(Cc2ccccc2)C(=O)N(C)CC(=O)N[C@H](C(=O)N[C@H](C)C(=O)O)C(C)CC)C1=O. The van der Waals surface area contributed by atoms with Gasteiger partial charge in [-0.15, -0.1) is 0 Å². The van der Waals surface area contributed by atoms with E-state index < -0.39 is 174 Å². The Labute approximate surface area is 682 Å². The van der Waals surface area contributed by atoms with Gasteiger partial charge in [-0.1, -0.05) is 113 Å². The van der Waals surface area contributed by atoms with E-state index in [0.29, 0.717) is 56.2 Å². The number of nitrogens with zero attached hydrogens (tertiary/aromatic N) is 7. The van der Waals surface area contributed by atoms with Crippen molar-refractivity contribution in [3.63, 3.8) is 0 Å². The van der Waals surface area contributed by atoms with Crippen molar-refractivity contribution in [3.8, 4) is 0 Å². The minimum absolute atomic E-state index is 0.00838. The van der Waals surface area contributed by atoms with E-state index in [1.165, 1.54) is 62.0 Å². The van der Waals surface area contributed by atoms with Crippen molar-refractivity contribution in [2.24, 2.45) is 28.6 Å². The standard InChI is InChI=1S/C76H119N15O24P2/c1-13-49(5)42-50(6)26-24-29-57(73(102)114-61-43-52(8)91(71(61)99)54(10)69(97)89(12)60(44-55-27-18-15-19-28-55)70(98)88(11)46-63(93)86-65(51(7)14-2)68(96)82-53(9)72(100)101)45-90(76(105)106)39-22-17-23-40-112-116(107,108)115-117(109,110)113-41-38-80-75(104)111-47-56-32-34-58(35-33-56)83-66(94)59(30-25-36-79-74(77)103)84-67(95)64(48(3)4)85-62(92)31-20-16-21-37-81-87-78/h13,15,18-19,27-29,32-35,48,50-54,59-61,64-65H,14,16-17,20-26,30-31,36-47H2,1-12H3,(H,80,104)(H,82,96)(H,83,94)(H,84,95)(H,85,92)(H,86,93)(H,100,101)(H,105,106)(H,107,108)(H,109,110)(H3,77,79,103)/b49-13+,57-29+/t50-,51?,52?,53+,54-,59+,60?,61+,64+,65-/m0/s1. The number of hydrogen-bond acceptors (Lipinski definition) is 21. The summed E-state index contributed by atoms with van der Waals surface area (Å²) in [4.78, 5) is 200. The van der Waals surface area contributed by atoms with E-state index in [1.54, 1.807) is 71.0 Å². The van der Waals surface area contributed by atoms with Crippen LogP contribution in [0.15, 0.2) is 83.0 Å². The number of carbonyl (C=O) groups excluding carboxylic acids is 11. The first-order valence-electron chi connectivity index (χ1n) is 38.9. The second-order valence-electron chi connectivity index (χ2n) is 29.2. The molecule has 5 unspecified atom stereocenters. The molecule has 0 aliphatic carbocycles. The van der Waals surface area contributed by atoms with Gasteiger partial charge in [-0.25, -0.2) is 28.3 Å².